The summed E-state index contributed by atoms with van der Waals surface area (Å²) < 4.78 is 11.3. The van der Waals surface area contributed by atoms with Gasteiger partial charge in [0, 0.05) is 0 Å². The molecule has 166 valence electrons. The first-order chi connectivity index (χ1) is 16.0. The Morgan fingerprint density at radius 1 is 0.970 bits per heavy atom. The molecule has 1 heterocycles. The highest BCUT2D eigenvalue weighted by Gasteiger charge is 2.25. The van der Waals surface area contributed by atoms with Gasteiger partial charge in [-0.1, -0.05) is 43.3 Å². The third kappa shape index (κ3) is 4.59. The highest BCUT2D eigenvalue weighted by Crippen LogP contribution is 2.28. The Balaban J connectivity index is 1.56. The Bertz CT molecular complexity index is 1310. The summed E-state index contributed by atoms with van der Waals surface area (Å²) >= 11 is 0. The fraction of sp³-hybridized carbons (Fsp3) is 0.120. The number of oxazole rings is 1. The summed E-state index contributed by atoms with van der Waals surface area (Å²) in [5, 5.41) is 2.62. The van der Waals surface area contributed by atoms with Crippen molar-refractivity contribution in [3.05, 3.63) is 83.9 Å². The van der Waals surface area contributed by atoms with E-state index in [-0.39, 0.29) is 29.1 Å². The van der Waals surface area contributed by atoms with Crippen LogP contribution in [0, 0.1) is 0 Å². The van der Waals surface area contributed by atoms with Gasteiger partial charge in [0.15, 0.2) is 11.7 Å². The standard InChI is InChI=1S/C25H21N3O5/c1-2-20(23(30)27-18-12-6-5-11-17(18)22(26)29)33-25(31)16-10-4-3-9-15(16)24-28-19-13-7-8-14-21(19)32-24/h3-14,20H,2H2,1H3,(H2,26,29)(H,27,30). The van der Waals surface area contributed by atoms with E-state index in [1.165, 1.54) is 6.07 Å². The lowest BCUT2D eigenvalue weighted by molar-refractivity contribution is -0.124. The molecule has 0 fully saturated rings. The summed E-state index contributed by atoms with van der Waals surface area (Å²) in [5.41, 5.74) is 7.69. The monoisotopic (exact) mass is 443 g/mol. The van der Waals surface area contributed by atoms with E-state index in [0.29, 0.717) is 16.7 Å². The van der Waals surface area contributed by atoms with Crippen molar-refractivity contribution in [1.82, 2.24) is 4.98 Å². The van der Waals surface area contributed by atoms with E-state index >= 15 is 0 Å². The molecule has 4 aromatic rings. The van der Waals surface area contributed by atoms with Gasteiger partial charge in [-0.15, -0.1) is 0 Å². The molecule has 0 aliphatic rings. The van der Waals surface area contributed by atoms with E-state index in [4.69, 9.17) is 14.9 Å². The van der Waals surface area contributed by atoms with Gasteiger partial charge in [-0.2, -0.15) is 0 Å². The minimum absolute atomic E-state index is 0.160. The van der Waals surface area contributed by atoms with Gasteiger partial charge in [0.2, 0.25) is 5.89 Å². The van der Waals surface area contributed by atoms with Crippen LogP contribution in [-0.4, -0.2) is 28.9 Å². The molecular weight excluding hydrogens is 422 g/mol. The predicted molar refractivity (Wildman–Crippen MR) is 123 cm³/mol. The number of anilines is 1. The summed E-state index contributed by atoms with van der Waals surface area (Å²) in [4.78, 5) is 41.9. The van der Waals surface area contributed by atoms with Gasteiger partial charge < -0.3 is 20.2 Å². The fourth-order valence-electron chi connectivity index (χ4n) is 3.37. The van der Waals surface area contributed by atoms with Crippen LogP contribution in [0.25, 0.3) is 22.6 Å². The largest absolute Gasteiger partial charge is 0.449 e. The molecule has 0 aliphatic carbocycles. The van der Waals surface area contributed by atoms with Crippen LogP contribution in [0.4, 0.5) is 5.69 Å². The van der Waals surface area contributed by atoms with Crippen molar-refractivity contribution >= 4 is 34.6 Å². The van der Waals surface area contributed by atoms with Gasteiger partial charge in [-0.05, 0) is 42.8 Å². The van der Waals surface area contributed by atoms with Gasteiger partial charge in [-0.3, -0.25) is 9.59 Å². The normalized spacial score (nSPS) is 11.7. The van der Waals surface area contributed by atoms with E-state index in [1.54, 1.807) is 55.5 Å². The second kappa shape index (κ2) is 9.35. The van der Waals surface area contributed by atoms with Crippen molar-refractivity contribution in [3.63, 3.8) is 0 Å². The van der Waals surface area contributed by atoms with Crippen LogP contribution in [0.5, 0.6) is 0 Å². The lowest BCUT2D eigenvalue weighted by Crippen LogP contribution is -2.33. The minimum Gasteiger partial charge on any atom is -0.449 e. The number of fused-ring (bicyclic) bond motifs is 1. The second-order valence-electron chi connectivity index (χ2n) is 7.23. The number of nitrogens with two attached hydrogens (primary N) is 1. The van der Waals surface area contributed by atoms with E-state index in [1.807, 2.05) is 18.2 Å². The van der Waals surface area contributed by atoms with Gasteiger partial charge in [0.25, 0.3) is 11.8 Å². The first-order valence-corrected chi connectivity index (χ1v) is 10.3. The molecular formula is C25H21N3O5. The third-order valence-electron chi connectivity index (χ3n) is 5.03. The van der Waals surface area contributed by atoms with E-state index in [2.05, 4.69) is 10.3 Å². The molecule has 1 aromatic heterocycles. The van der Waals surface area contributed by atoms with E-state index < -0.39 is 23.9 Å². The average molecular weight is 443 g/mol. The maximum Gasteiger partial charge on any atom is 0.339 e. The number of amides is 2. The number of benzene rings is 3. The third-order valence-corrected chi connectivity index (χ3v) is 5.03. The number of para-hydroxylation sites is 3. The average Bonchev–Trinajstić information content (AvgIpc) is 3.26. The second-order valence-corrected chi connectivity index (χ2v) is 7.23. The van der Waals surface area contributed by atoms with Crippen LogP contribution in [-0.2, 0) is 9.53 Å². The van der Waals surface area contributed by atoms with Crippen LogP contribution >= 0.6 is 0 Å². The zero-order valence-corrected chi connectivity index (χ0v) is 17.8. The molecule has 0 spiro atoms. The first kappa shape index (κ1) is 21.8. The van der Waals surface area contributed by atoms with Crippen LogP contribution < -0.4 is 11.1 Å². The number of primary amides is 1. The Labute approximate surface area is 189 Å². The Kier molecular flexibility index (Phi) is 6.17. The van der Waals surface area contributed by atoms with Crippen LogP contribution in [0.1, 0.15) is 34.1 Å². The number of nitrogens with zero attached hydrogens (tertiary/aromatic N) is 1. The molecule has 3 N–H and O–H groups in total. The SMILES string of the molecule is CCC(OC(=O)c1ccccc1-c1nc2ccccc2o1)C(=O)Nc1ccccc1C(N)=O. The zero-order chi connectivity index (χ0) is 23.4. The summed E-state index contributed by atoms with van der Waals surface area (Å²) in [6.07, 6.45) is -0.864. The minimum atomic E-state index is -1.09. The van der Waals surface area contributed by atoms with Gasteiger partial charge >= 0.3 is 5.97 Å². The predicted octanol–water partition coefficient (Wildman–Crippen LogP) is 4.17. The van der Waals surface area contributed by atoms with E-state index in [0.717, 1.165) is 0 Å². The number of nitrogens with one attached hydrogen (secondary N) is 1. The molecule has 0 saturated heterocycles. The van der Waals surface area contributed by atoms with Crippen molar-refractivity contribution in [1.29, 1.82) is 0 Å². The van der Waals surface area contributed by atoms with Crippen molar-refractivity contribution < 1.29 is 23.5 Å². The van der Waals surface area contributed by atoms with Gasteiger partial charge in [0.1, 0.15) is 5.52 Å². The van der Waals surface area contributed by atoms with Crippen molar-refractivity contribution in [2.45, 2.75) is 19.4 Å². The number of esters is 1. The number of carbonyl (C=O) groups is 3. The maximum absolute atomic E-state index is 13.0. The van der Waals surface area contributed by atoms with Crippen LogP contribution in [0.15, 0.2) is 77.2 Å². The summed E-state index contributed by atoms with van der Waals surface area (Å²) in [5.74, 6) is -1.67. The Morgan fingerprint density at radius 2 is 1.64 bits per heavy atom. The Hall–Kier alpha value is -4.46. The number of carbonyl (C=O) groups excluding carboxylic acids is 3. The Morgan fingerprint density at radius 3 is 2.36 bits per heavy atom. The number of aromatic nitrogens is 1. The molecule has 1 atom stereocenters. The van der Waals surface area contributed by atoms with Gasteiger partial charge in [-0.25, -0.2) is 9.78 Å². The maximum atomic E-state index is 13.0. The fourth-order valence-corrected chi connectivity index (χ4v) is 3.37. The number of hydrogen-bond acceptors (Lipinski definition) is 6. The smallest absolute Gasteiger partial charge is 0.339 e. The number of hydrogen-bond donors (Lipinski definition) is 2. The molecule has 3 aromatic carbocycles. The molecule has 33 heavy (non-hydrogen) atoms. The lowest BCUT2D eigenvalue weighted by atomic mass is 10.1. The molecule has 0 saturated carbocycles. The molecule has 0 aliphatic heterocycles. The number of ether oxygens (including phenoxy) is 1. The summed E-state index contributed by atoms with van der Waals surface area (Å²) in [6, 6.07) is 20.3. The van der Waals surface area contributed by atoms with Crippen molar-refractivity contribution in [2.75, 3.05) is 5.32 Å². The molecule has 2 amide bonds. The molecule has 4 rings (SSSR count). The molecule has 8 nitrogen and oxygen atoms in total. The summed E-state index contributed by atoms with van der Waals surface area (Å²) in [6.45, 7) is 1.71. The summed E-state index contributed by atoms with van der Waals surface area (Å²) in [7, 11) is 0. The molecule has 1 unspecified atom stereocenters. The first-order valence-electron chi connectivity index (χ1n) is 10.3. The van der Waals surface area contributed by atoms with Crippen LogP contribution in [0.2, 0.25) is 0 Å². The zero-order valence-electron chi connectivity index (χ0n) is 17.8. The molecule has 0 radical (unpaired) electrons. The van der Waals surface area contributed by atoms with E-state index in [9.17, 15) is 14.4 Å². The van der Waals surface area contributed by atoms with Gasteiger partial charge in [0.05, 0.1) is 22.4 Å². The lowest BCUT2D eigenvalue weighted by Gasteiger charge is -2.17. The highest BCUT2D eigenvalue weighted by atomic mass is 16.5. The molecule has 8 heteroatoms. The quantitative estimate of drug-likeness (QED) is 0.413. The topological polar surface area (TPSA) is 125 Å². The molecule has 0 bridgehead atoms. The van der Waals surface area contributed by atoms with Crippen LogP contribution in [0.3, 0.4) is 0 Å². The van der Waals surface area contributed by atoms with Crippen molar-refractivity contribution in [2.24, 2.45) is 5.73 Å². The highest BCUT2D eigenvalue weighted by molar-refractivity contribution is 6.05. The number of rotatable bonds is 7. The van der Waals surface area contributed by atoms with Crippen molar-refractivity contribution in [3.8, 4) is 11.5 Å².